The van der Waals surface area contributed by atoms with Gasteiger partial charge in [0.05, 0.1) is 4.90 Å². The van der Waals surface area contributed by atoms with Crippen molar-refractivity contribution in [3.63, 3.8) is 0 Å². The normalized spacial score (nSPS) is 18.2. The van der Waals surface area contributed by atoms with Gasteiger partial charge in [0, 0.05) is 4.91 Å². The van der Waals surface area contributed by atoms with Crippen LogP contribution in [0.15, 0.2) is 34.1 Å². The summed E-state index contributed by atoms with van der Waals surface area (Å²) >= 11 is 11.4. The van der Waals surface area contributed by atoms with Gasteiger partial charge in [-0.05, 0) is 23.8 Å². The van der Waals surface area contributed by atoms with Gasteiger partial charge in [0.15, 0.2) is 0 Å². The second kappa shape index (κ2) is 5.06. The van der Waals surface area contributed by atoms with Gasteiger partial charge in [0.2, 0.25) is 0 Å². The highest BCUT2D eigenvalue weighted by molar-refractivity contribution is 8.27. The van der Waals surface area contributed by atoms with E-state index in [4.69, 9.17) is 29.0 Å². The Morgan fingerprint density at radius 1 is 1.22 bits per heavy atom. The summed E-state index contributed by atoms with van der Waals surface area (Å²) in [6.07, 6.45) is 1.80. The maximum Gasteiger partial charge on any atom is 0.294 e. The summed E-state index contributed by atoms with van der Waals surface area (Å²) in [5, 5.41) is 2.84. The van der Waals surface area contributed by atoms with Crippen LogP contribution >= 0.6 is 36.2 Å². The minimum absolute atomic E-state index is 0.139. The quantitative estimate of drug-likeness (QED) is 0.492. The van der Waals surface area contributed by atoms with Gasteiger partial charge in [-0.2, -0.15) is 8.42 Å². The number of thiocarbonyl (C=S) groups is 2. The Morgan fingerprint density at radius 2 is 1.83 bits per heavy atom. The highest BCUT2D eigenvalue weighted by Crippen LogP contribution is 2.27. The van der Waals surface area contributed by atoms with Crippen molar-refractivity contribution >= 4 is 61.7 Å². The minimum atomic E-state index is -4.15. The van der Waals surface area contributed by atoms with Gasteiger partial charge < -0.3 is 5.32 Å². The van der Waals surface area contributed by atoms with Gasteiger partial charge in [-0.3, -0.25) is 4.55 Å². The third kappa shape index (κ3) is 3.15. The number of nitrogens with one attached hydrogen (secondary N) is 1. The molecule has 94 valence electrons. The van der Waals surface area contributed by atoms with Crippen molar-refractivity contribution in [3.8, 4) is 0 Å². The van der Waals surface area contributed by atoms with Gasteiger partial charge in [-0.25, -0.2) is 0 Å². The lowest BCUT2D eigenvalue weighted by Gasteiger charge is -1.99. The number of hydrogen-bond donors (Lipinski definition) is 2. The SMILES string of the molecule is O=S(=O)(O)c1ccc(C=C2SC(=S)NC2=S)cc1. The first-order valence-electron chi connectivity index (χ1n) is 4.69. The van der Waals surface area contributed by atoms with Crippen LogP contribution in [0.1, 0.15) is 5.56 Å². The van der Waals surface area contributed by atoms with Crippen molar-refractivity contribution in [2.75, 3.05) is 0 Å². The van der Waals surface area contributed by atoms with Crippen LogP contribution in [0.4, 0.5) is 0 Å². The highest BCUT2D eigenvalue weighted by Gasteiger charge is 2.18. The van der Waals surface area contributed by atoms with Crippen LogP contribution < -0.4 is 5.32 Å². The van der Waals surface area contributed by atoms with Crippen LogP contribution in [-0.4, -0.2) is 22.3 Å². The molecule has 0 aromatic heterocycles. The molecule has 4 nitrogen and oxygen atoms in total. The van der Waals surface area contributed by atoms with Crippen molar-refractivity contribution in [3.05, 3.63) is 34.7 Å². The molecule has 0 radical (unpaired) electrons. The topological polar surface area (TPSA) is 66.4 Å². The van der Waals surface area contributed by atoms with Crippen molar-refractivity contribution in [2.24, 2.45) is 0 Å². The average molecular weight is 317 g/mol. The fourth-order valence-corrected chi connectivity index (χ4v) is 3.27. The van der Waals surface area contributed by atoms with Crippen LogP contribution in [-0.2, 0) is 10.1 Å². The molecule has 1 aromatic rings. The molecule has 0 spiro atoms. The lowest BCUT2D eigenvalue weighted by molar-refractivity contribution is 0.483. The molecule has 0 aliphatic carbocycles. The molecule has 1 fully saturated rings. The van der Waals surface area contributed by atoms with E-state index in [0.717, 1.165) is 10.5 Å². The van der Waals surface area contributed by atoms with Gasteiger partial charge in [0.1, 0.15) is 9.31 Å². The fourth-order valence-electron chi connectivity index (χ4n) is 1.31. The minimum Gasteiger partial charge on any atom is -0.331 e. The van der Waals surface area contributed by atoms with Crippen LogP contribution in [0.2, 0.25) is 0 Å². The van der Waals surface area contributed by atoms with E-state index >= 15 is 0 Å². The molecule has 1 aliphatic heterocycles. The van der Waals surface area contributed by atoms with Gasteiger partial charge >= 0.3 is 0 Å². The van der Waals surface area contributed by atoms with Crippen molar-refractivity contribution < 1.29 is 13.0 Å². The highest BCUT2D eigenvalue weighted by atomic mass is 32.2. The molecule has 1 aromatic carbocycles. The van der Waals surface area contributed by atoms with Gasteiger partial charge in [-0.15, -0.1) is 0 Å². The third-order valence-corrected chi connectivity index (χ3v) is 4.62. The lowest BCUT2D eigenvalue weighted by Crippen LogP contribution is -2.15. The van der Waals surface area contributed by atoms with E-state index in [1.165, 1.54) is 23.9 Å². The van der Waals surface area contributed by atoms with Crippen molar-refractivity contribution in [2.45, 2.75) is 4.90 Å². The molecular weight excluding hydrogens is 310 g/mol. The molecule has 2 rings (SSSR count). The Balaban J connectivity index is 2.29. The Hall–Kier alpha value is -0.800. The van der Waals surface area contributed by atoms with E-state index in [1.807, 2.05) is 0 Å². The zero-order chi connectivity index (χ0) is 13.3. The number of hydrogen-bond acceptors (Lipinski definition) is 5. The second-order valence-corrected chi connectivity index (χ2v) is 6.94. The molecule has 1 aliphatic rings. The summed E-state index contributed by atoms with van der Waals surface area (Å²) < 4.78 is 31.2. The molecule has 0 amide bonds. The van der Waals surface area contributed by atoms with Crippen molar-refractivity contribution in [1.29, 1.82) is 0 Å². The molecular formula is C10H7NO3S4. The summed E-state index contributed by atoms with van der Waals surface area (Å²) in [7, 11) is -4.15. The Bertz CT molecular complexity index is 646. The molecule has 2 N–H and O–H groups in total. The first-order valence-corrected chi connectivity index (χ1v) is 7.76. The molecule has 1 saturated heterocycles. The molecule has 0 saturated carbocycles. The van der Waals surface area contributed by atoms with Gasteiger partial charge in [-0.1, -0.05) is 48.3 Å². The summed E-state index contributed by atoms with van der Waals surface area (Å²) in [6, 6.07) is 5.83. The molecule has 0 atom stereocenters. The Labute approximate surface area is 119 Å². The summed E-state index contributed by atoms with van der Waals surface area (Å²) in [6.45, 7) is 0. The fraction of sp³-hybridized carbons (Fsp3) is 0. The smallest absolute Gasteiger partial charge is 0.294 e. The van der Waals surface area contributed by atoms with E-state index in [1.54, 1.807) is 18.2 Å². The maximum absolute atomic E-state index is 10.9. The molecule has 8 heteroatoms. The number of thioether (sulfide) groups is 1. The van der Waals surface area contributed by atoms with Crippen LogP contribution in [0.3, 0.4) is 0 Å². The zero-order valence-corrected chi connectivity index (χ0v) is 12.0. The standard InChI is InChI=1S/C10H7NO3S4/c12-18(13,14)7-3-1-6(2-4-7)5-8-9(15)11-10(16)17-8/h1-5H,(H,11,15,16)(H,12,13,14). The molecule has 18 heavy (non-hydrogen) atoms. The van der Waals surface area contributed by atoms with E-state index < -0.39 is 10.1 Å². The van der Waals surface area contributed by atoms with E-state index in [0.29, 0.717) is 9.31 Å². The van der Waals surface area contributed by atoms with E-state index in [-0.39, 0.29) is 4.90 Å². The van der Waals surface area contributed by atoms with Gasteiger partial charge in [0.25, 0.3) is 10.1 Å². The van der Waals surface area contributed by atoms with Crippen LogP contribution in [0.25, 0.3) is 6.08 Å². The van der Waals surface area contributed by atoms with Crippen LogP contribution in [0, 0.1) is 0 Å². The first kappa shape index (κ1) is 13.6. The number of benzene rings is 1. The Kier molecular flexibility index (Phi) is 3.83. The molecule has 0 unspecified atom stereocenters. The predicted octanol–water partition coefficient (Wildman–Crippen LogP) is 2.22. The van der Waals surface area contributed by atoms with Crippen LogP contribution in [0.5, 0.6) is 0 Å². The summed E-state index contributed by atoms with van der Waals surface area (Å²) in [5.41, 5.74) is 0.777. The maximum atomic E-state index is 10.9. The molecule has 1 heterocycles. The zero-order valence-electron chi connectivity index (χ0n) is 8.78. The number of rotatable bonds is 2. The second-order valence-electron chi connectivity index (χ2n) is 3.40. The van der Waals surface area contributed by atoms with Crippen molar-refractivity contribution in [1.82, 2.24) is 5.32 Å². The Morgan fingerprint density at radius 3 is 2.28 bits per heavy atom. The average Bonchev–Trinajstić information content (AvgIpc) is 2.57. The lowest BCUT2D eigenvalue weighted by atomic mass is 10.2. The largest absolute Gasteiger partial charge is 0.331 e. The molecule has 0 bridgehead atoms. The first-order chi connectivity index (χ1) is 8.36. The predicted molar refractivity (Wildman–Crippen MR) is 80.2 cm³/mol. The van der Waals surface area contributed by atoms with E-state index in [9.17, 15) is 8.42 Å². The summed E-state index contributed by atoms with van der Waals surface area (Å²) in [4.78, 5) is 1.23. The summed E-state index contributed by atoms with van der Waals surface area (Å²) in [5.74, 6) is 0. The van der Waals surface area contributed by atoms with E-state index in [2.05, 4.69) is 5.32 Å². The monoisotopic (exact) mass is 317 g/mol. The third-order valence-electron chi connectivity index (χ3n) is 2.12.